The third-order valence-corrected chi connectivity index (χ3v) is 2.50. The summed E-state index contributed by atoms with van der Waals surface area (Å²) in [6.07, 6.45) is 6.43. The van der Waals surface area contributed by atoms with Crippen LogP contribution < -0.4 is 0 Å². The number of ether oxygens (including phenoxy) is 2. The van der Waals surface area contributed by atoms with Crippen molar-refractivity contribution in [1.82, 2.24) is 0 Å². The zero-order valence-corrected chi connectivity index (χ0v) is 10.3. The van der Waals surface area contributed by atoms with E-state index in [1.165, 1.54) is 0 Å². The lowest BCUT2D eigenvalue weighted by molar-refractivity contribution is -0.144. The van der Waals surface area contributed by atoms with Gasteiger partial charge in [-0.15, -0.1) is 0 Å². The number of carbonyl (C=O) groups excluding carboxylic acids is 1. The van der Waals surface area contributed by atoms with Crippen LogP contribution in [0.3, 0.4) is 0 Å². The SMILES string of the molecule is C[C@H](C[C@@H](C)OC1=CCCC1)OC(=O)C=[N+]=[N-]. The predicted octanol–water partition coefficient (Wildman–Crippen LogP) is 2.08. The molecule has 0 N–H and O–H groups in total. The van der Waals surface area contributed by atoms with E-state index in [4.69, 9.17) is 15.0 Å². The normalized spacial score (nSPS) is 17.6. The molecule has 0 saturated carbocycles. The fraction of sp³-hybridized carbons (Fsp3) is 0.667. The standard InChI is InChI=1S/C12H18N2O3/c1-9(16-11-5-3-4-6-11)7-10(2)17-12(15)8-14-13/h5,8-10H,3-4,6-7H2,1-2H3/t9-,10-/m1/s1. The third-order valence-electron chi connectivity index (χ3n) is 2.50. The van der Waals surface area contributed by atoms with Crippen LogP contribution in [0.4, 0.5) is 0 Å². The Hall–Kier alpha value is -1.61. The largest absolute Gasteiger partial charge is 0.495 e. The fourth-order valence-electron chi connectivity index (χ4n) is 1.85. The third kappa shape index (κ3) is 5.31. The molecule has 94 valence electrons. The Bertz CT molecular complexity index is 338. The zero-order valence-electron chi connectivity index (χ0n) is 10.3. The first-order chi connectivity index (χ1) is 8.11. The van der Waals surface area contributed by atoms with Gasteiger partial charge in [0.1, 0.15) is 6.10 Å². The zero-order chi connectivity index (χ0) is 12.7. The van der Waals surface area contributed by atoms with E-state index in [9.17, 15) is 4.79 Å². The second kappa shape index (κ2) is 6.86. The minimum Gasteiger partial charge on any atom is -0.495 e. The van der Waals surface area contributed by atoms with E-state index in [0.717, 1.165) is 31.2 Å². The second-order valence-corrected chi connectivity index (χ2v) is 4.22. The summed E-state index contributed by atoms with van der Waals surface area (Å²) < 4.78 is 10.7. The maximum atomic E-state index is 11.0. The van der Waals surface area contributed by atoms with E-state index in [-0.39, 0.29) is 12.2 Å². The van der Waals surface area contributed by atoms with Crippen LogP contribution in [0.2, 0.25) is 0 Å². The number of rotatable bonds is 6. The molecule has 0 bridgehead atoms. The minimum atomic E-state index is -0.646. The number of hydrogen-bond donors (Lipinski definition) is 0. The van der Waals surface area contributed by atoms with E-state index >= 15 is 0 Å². The number of allylic oxidation sites excluding steroid dienone is 2. The van der Waals surface area contributed by atoms with Gasteiger partial charge in [0, 0.05) is 12.8 Å². The Kier molecular flexibility index (Phi) is 5.43. The van der Waals surface area contributed by atoms with Crippen molar-refractivity contribution in [3.05, 3.63) is 17.4 Å². The first-order valence-electron chi connectivity index (χ1n) is 5.85. The Morgan fingerprint density at radius 2 is 2.35 bits per heavy atom. The maximum absolute atomic E-state index is 11.0. The summed E-state index contributed by atoms with van der Waals surface area (Å²) in [5.41, 5.74) is 8.16. The van der Waals surface area contributed by atoms with Crippen molar-refractivity contribution in [3.63, 3.8) is 0 Å². The van der Waals surface area contributed by atoms with Crippen molar-refractivity contribution in [1.29, 1.82) is 0 Å². The molecular weight excluding hydrogens is 220 g/mol. The molecule has 1 aliphatic rings. The van der Waals surface area contributed by atoms with Crippen LogP contribution in [0.5, 0.6) is 0 Å². The van der Waals surface area contributed by atoms with Gasteiger partial charge < -0.3 is 15.0 Å². The molecule has 0 aromatic heterocycles. The highest BCUT2D eigenvalue weighted by Crippen LogP contribution is 2.21. The summed E-state index contributed by atoms with van der Waals surface area (Å²) in [4.78, 5) is 13.6. The van der Waals surface area contributed by atoms with Crippen molar-refractivity contribution < 1.29 is 19.1 Å². The summed E-state index contributed by atoms with van der Waals surface area (Å²) in [5, 5.41) is 0. The first-order valence-corrected chi connectivity index (χ1v) is 5.85. The molecule has 0 aliphatic heterocycles. The van der Waals surface area contributed by atoms with Gasteiger partial charge in [-0.1, -0.05) is 0 Å². The van der Waals surface area contributed by atoms with Crippen molar-refractivity contribution in [3.8, 4) is 0 Å². The van der Waals surface area contributed by atoms with E-state index in [2.05, 4.69) is 10.9 Å². The lowest BCUT2D eigenvalue weighted by Crippen LogP contribution is -2.22. The van der Waals surface area contributed by atoms with Crippen LogP contribution in [0.1, 0.15) is 39.5 Å². The smallest absolute Gasteiger partial charge is 0.413 e. The summed E-state index contributed by atoms with van der Waals surface area (Å²) in [5.74, 6) is 0.389. The van der Waals surface area contributed by atoms with Gasteiger partial charge in [0.05, 0.1) is 11.9 Å². The quantitative estimate of drug-likeness (QED) is 0.308. The van der Waals surface area contributed by atoms with Gasteiger partial charge in [0.15, 0.2) is 0 Å². The van der Waals surface area contributed by atoms with Crippen LogP contribution >= 0.6 is 0 Å². The fourth-order valence-corrected chi connectivity index (χ4v) is 1.85. The summed E-state index contributed by atoms with van der Waals surface area (Å²) >= 11 is 0. The molecule has 2 atom stereocenters. The highest BCUT2D eigenvalue weighted by atomic mass is 16.5. The molecule has 1 aliphatic carbocycles. The van der Waals surface area contributed by atoms with Crippen LogP contribution in [0.15, 0.2) is 11.8 Å². The molecule has 1 rings (SSSR count). The van der Waals surface area contributed by atoms with Crippen molar-refractivity contribution >= 4 is 12.2 Å². The van der Waals surface area contributed by atoms with Gasteiger partial charge in [-0.3, -0.25) is 0 Å². The average Bonchev–Trinajstić information content (AvgIpc) is 2.69. The molecule has 0 fully saturated rings. The summed E-state index contributed by atoms with van der Waals surface area (Å²) in [6, 6.07) is 0. The summed E-state index contributed by atoms with van der Waals surface area (Å²) in [7, 11) is 0. The average molecular weight is 238 g/mol. The Labute approximate surface area is 101 Å². The van der Waals surface area contributed by atoms with Crippen LogP contribution in [-0.4, -0.2) is 29.2 Å². The molecule has 0 radical (unpaired) electrons. The lowest BCUT2D eigenvalue weighted by Gasteiger charge is -2.19. The van der Waals surface area contributed by atoms with Crippen molar-refractivity contribution in [2.24, 2.45) is 0 Å². The Morgan fingerprint density at radius 3 is 2.94 bits per heavy atom. The summed E-state index contributed by atoms with van der Waals surface area (Å²) in [6.45, 7) is 3.73. The number of hydrogen-bond acceptors (Lipinski definition) is 3. The molecule has 0 heterocycles. The highest BCUT2D eigenvalue weighted by molar-refractivity contribution is 6.20. The molecule has 17 heavy (non-hydrogen) atoms. The number of esters is 1. The molecule has 5 heteroatoms. The lowest BCUT2D eigenvalue weighted by atomic mass is 10.2. The van der Waals surface area contributed by atoms with Crippen LogP contribution in [0.25, 0.3) is 5.53 Å². The molecule has 0 aromatic rings. The number of nitrogens with zero attached hydrogens (tertiary/aromatic N) is 2. The van der Waals surface area contributed by atoms with Gasteiger partial charge in [-0.2, -0.15) is 4.79 Å². The molecule has 0 spiro atoms. The minimum absolute atomic E-state index is 0.00761. The monoisotopic (exact) mass is 238 g/mol. The second-order valence-electron chi connectivity index (χ2n) is 4.22. The maximum Gasteiger partial charge on any atom is 0.413 e. The van der Waals surface area contributed by atoms with Crippen molar-refractivity contribution in [2.45, 2.75) is 51.7 Å². The molecular formula is C12H18N2O3. The first kappa shape index (κ1) is 13.5. The van der Waals surface area contributed by atoms with Gasteiger partial charge in [0.2, 0.25) is 0 Å². The van der Waals surface area contributed by atoms with E-state index in [0.29, 0.717) is 6.42 Å². The molecule has 0 saturated heterocycles. The van der Waals surface area contributed by atoms with Crippen molar-refractivity contribution in [2.75, 3.05) is 0 Å². The van der Waals surface area contributed by atoms with E-state index < -0.39 is 5.97 Å². The highest BCUT2D eigenvalue weighted by Gasteiger charge is 2.16. The van der Waals surface area contributed by atoms with Gasteiger partial charge >= 0.3 is 12.2 Å². The van der Waals surface area contributed by atoms with E-state index in [1.807, 2.05) is 6.92 Å². The number of carbonyl (C=O) groups is 1. The van der Waals surface area contributed by atoms with Crippen LogP contribution in [0, 0.1) is 0 Å². The van der Waals surface area contributed by atoms with E-state index in [1.54, 1.807) is 6.92 Å². The van der Waals surface area contributed by atoms with Gasteiger partial charge in [-0.05, 0) is 32.8 Å². The van der Waals surface area contributed by atoms with Gasteiger partial charge in [-0.25, -0.2) is 4.79 Å². The molecule has 0 unspecified atom stereocenters. The Morgan fingerprint density at radius 1 is 1.59 bits per heavy atom. The van der Waals surface area contributed by atoms with Crippen LogP contribution in [-0.2, 0) is 14.3 Å². The Balaban J connectivity index is 2.27. The molecule has 0 aromatic carbocycles. The topological polar surface area (TPSA) is 71.9 Å². The predicted molar refractivity (Wildman–Crippen MR) is 62.3 cm³/mol. The molecule has 5 nitrogen and oxygen atoms in total. The van der Waals surface area contributed by atoms with Gasteiger partial charge in [0.25, 0.3) is 0 Å². The molecule has 0 amide bonds.